The van der Waals surface area contributed by atoms with Crippen LogP contribution in [0.1, 0.15) is 32.1 Å². The third kappa shape index (κ3) is 2.54. The second-order valence-electron chi connectivity index (χ2n) is 5.86. The summed E-state index contributed by atoms with van der Waals surface area (Å²) in [6.07, 6.45) is 8.15. The number of H-pyrrole nitrogens is 1. The first-order valence-corrected chi connectivity index (χ1v) is 7.93. The summed E-state index contributed by atoms with van der Waals surface area (Å²) in [7, 11) is 0. The van der Waals surface area contributed by atoms with Crippen LogP contribution in [0.4, 0.5) is 5.95 Å². The lowest BCUT2D eigenvalue weighted by atomic mass is 9.96. The van der Waals surface area contributed by atoms with E-state index in [1.165, 1.54) is 32.1 Å². The van der Waals surface area contributed by atoms with E-state index in [0.717, 1.165) is 22.3 Å². The summed E-state index contributed by atoms with van der Waals surface area (Å²) in [5.41, 5.74) is 2.76. The van der Waals surface area contributed by atoms with E-state index < -0.39 is 0 Å². The Morgan fingerprint density at radius 3 is 2.82 bits per heavy atom. The topological polar surface area (TPSA) is 66.5 Å². The molecular formula is C17H19N5. The summed E-state index contributed by atoms with van der Waals surface area (Å²) in [6, 6.07) is 10.5. The second kappa shape index (κ2) is 5.75. The van der Waals surface area contributed by atoms with Gasteiger partial charge in [0, 0.05) is 17.6 Å². The highest BCUT2D eigenvalue weighted by molar-refractivity contribution is 5.91. The molecule has 0 saturated heterocycles. The third-order valence-corrected chi connectivity index (χ3v) is 4.31. The summed E-state index contributed by atoms with van der Waals surface area (Å²) in [6.45, 7) is 0. The lowest BCUT2D eigenvalue weighted by molar-refractivity contribution is 0.461. The molecule has 0 radical (unpaired) electrons. The molecule has 1 saturated carbocycles. The van der Waals surface area contributed by atoms with Crippen LogP contribution in [0.5, 0.6) is 0 Å². The number of rotatable bonds is 3. The lowest BCUT2D eigenvalue weighted by Crippen LogP contribution is -2.23. The Hall–Kier alpha value is -2.43. The van der Waals surface area contributed by atoms with Crippen molar-refractivity contribution in [2.24, 2.45) is 0 Å². The minimum absolute atomic E-state index is 0.500. The standard InChI is InChI=1S/C17H19N5/c1-2-6-12(7-3-1)19-17-18-11-10-15(20-17)16-13-8-4-5-9-14(13)21-22-16/h4-5,8-12H,1-3,6-7H2,(H,21,22)(H,18,19,20). The number of benzene rings is 1. The number of hydrogen-bond donors (Lipinski definition) is 2. The Kier molecular flexibility index (Phi) is 3.46. The minimum Gasteiger partial charge on any atom is -0.351 e. The highest BCUT2D eigenvalue weighted by Crippen LogP contribution is 2.25. The van der Waals surface area contributed by atoms with Crippen LogP contribution in [-0.2, 0) is 0 Å². The molecule has 5 heteroatoms. The molecule has 0 amide bonds. The zero-order valence-corrected chi connectivity index (χ0v) is 12.4. The van der Waals surface area contributed by atoms with Crippen LogP contribution in [0.25, 0.3) is 22.3 Å². The monoisotopic (exact) mass is 293 g/mol. The Balaban J connectivity index is 1.63. The van der Waals surface area contributed by atoms with Gasteiger partial charge in [0.15, 0.2) is 0 Å². The Labute approximate surface area is 129 Å². The maximum atomic E-state index is 4.65. The van der Waals surface area contributed by atoms with Crippen LogP contribution < -0.4 is 5.32 Å². The predicted octanol–water partition coefficient (Wildman–Crippen LogP) is 3.76. The third-order valence-electron chi connectivity index (χ3n) is 4.31. The van der Waals surface area contributed by atoms with Crippen LogP contribution in [0.3, 0.4) is 0 Å². The molecule has 1 aromatic carbocycles. The van der Waals surface area contributed by atoms with Crippen LogP contribution in [-0.4, -0.2) is 26.2 Å². The first-order chi connectivity index (χ1) is 10.9. The van der Waals surface area contributed by atoms with Crippen molar-refractivity contribution in [3.05, 3.63) is 36.5 Å². The molecule has 3 aromatic rings. The quantitative estimate of drug-likeness (QED) is 0.771. The fraction of sp³-hybridized carbons (Fsp3) is 0.353. The van der Waals surface area contributed by atoms with Gasteiger partial charge in [0.05, 0.1) is 11.2 Å². The molecule has 1 fully saturated rings. The van der Waals surface area contributed by atoms with Gasteiger partial charge in [-0.2, -0.15) is 5.10 Å². The van der Waals surface area contributed by atoms with Gasteiger partial charge in [0.1, 0.15) is 5.69 Å². The van der Waals surface area contributed by atoms with Crippen molar-refractivity contribution in [1.82, 2.24) is 20.2 Å². The molecule has 2 N–H and O–H groups in total. The molecule has 4 rings (SSSR count). The average Bonchev–Trinajstić information content (AvgIpc) is 3.00. The molecule has 0 bridgehead atoms. The highest BCUT2D eigenvalue weighted by atomic mass is 15.1. The molecule has 5 nitrogen and oxygen atoms in total. The van der Waals surface area contributed by atoms with Crippen molar-refractivity contribution >= 4 is 16.9 Å². The number of nitrogens with zero attached hydrogens (tertiary/aromatic N) is 3. The maximum absolute atomic E-state index is 4.65. The SMILES string of the molecule is c1ccc2c(-c3ccnc(NC4CCCCC4)n3)n[nH]c2c1. The van der Waals surface area contributed by atoms with E-state index in [9.17, 15) is 0 Å². The predicted molar refractivity (Wildman–Crippen MR) is 87.6 cm³/mol. The van der Waals surface area contributed by atoms with E-state index in [4.69, 9.17) is 0 Å². The van der Waals surface area contributed by atoms with Crippen LogP contribution in [0.2, 0.25) is 0 Å². The van der Waals surface area contributed by atoms with Gasteiger partial charge >= 0.3 is 0 Å². The van der Waals surface area contributed by atoms with E-state index in [0.29, 0.717) is 12.0 Å². The Morgan fingerprint density at radius 1 is 1.05 bits per heavy atom. The summed E-state index contributed by atoms with van der Waals surface area (Å²) in [4.78, 5) is 9.02. The van der Waals surface area contributed by atoms with Crippen molar-refractivity contribution in [3.8, 4) is 11.4 Å². The number of fused-ring (bicyclic) bond motifs is 1. The summed E-state index contributed by atoms with van der Waals surface area (Å²) >= 11 is 0. The molecule has 22 heavy (non-hydrogen) atoms. The first-order valence-electron chi connectivity index (χ1n) is 7.93. The van der Waals surface area contributed by atoms with E-state index in [-0.39, 0.29) is 0 Å². The van der Waals surface area contributed by atoms with Crippen LogP contribution in [0.15, 0.2) is 36.5 Å². The highest BCUT2D eigenvalue weighted by Gasteiger charge is 2.15. The second-order valence-corrected chi connectivity index (χ2v) is 5.86. The molecule has 1 aliphatic carbocycles. The molecule has 0 spiro atoms. The Bertz CT molecular complexity index is 773. The maximum Gasteiger partial charge on any atom is 0.223 e. The van der Waals surface area contributed by atoms with Gasteiger partial charge < -0.3 is 5.32 Å². The Morgan fingerprint density at radius 2 is 1.91 bits per heavy atom. The molecular weight excluding hydrogens is 274 g/mol. The molecule has 1 aliphatic rings. The number of hydrogen-bond acceptors (Lipinski definition) is 4. The minimum atomic E-state index is 0.500. The first kappa shape index (κ1) is 13.2. The van der Waals surface area contributed by atoms with Crippen molar-refractivity contribution in [1.29, 1.82) is 0 Å². The zero-order chi connectivity index (χ0) is 14.8. The molecule has 2 aromatic heterocycles. The molecule has 112 valence electrons. The molecule has 0 aliphatic heterocycles. The fourth-order valence-corrected chi connectivity index (χ4v) is 3.15. The zero-order valence-electron chi connectivity index (χ0n) is 12.4. The van der Waals surface area contributed by atoms with E-state index >= 15 is 0 Å². The number of aromatic amines is 1. The number of anilines is 1. The van der Waals surface area contributed by atoms with Crippen molar-refractivity contribution in [3.63, 3.8) is 0 Å². The molecule has 0 atom stereocenters. The van der Waals surface area contributed by atoms with Gasteiger partial charge in [-0.15, -0.1) is 0 Å². The van der Waals surface area contributed by atoms with E-state index in [1.54, 1.807) is 6.20 Å². The number of nitrogens with one attached hydrogen (secondary N) is 2. The molecule has 0 unspecified atom stereocenters. The van der Waals surface area contributed by atoms with Crippen LogP contribution >= 0.6 is 0 Å². The number of aromatic nitrogens is 4. The summed E-state index contributed by atoms with van der Waals surface area (Å²) < 4.78 is 0. The van der Waals surface area contributed by atoms with Crippen molar-refractivity contribution < 1.29 is 0 Å². The molecule has 2 heterocycles. The van der Waals surface area contributed by atoms with E-state index in [1.807, 2.05) is 24.3 Å². The van der Waals surface area contributed by atoms with Crippen molar-refractivity contribution in [2.75, 3.05) is 5.32 Å². The van der Waals surface area contributed by atoms with Gasteiger partial charge in [-0.1, -0.05) is 37.5 Å². The lowest BCUT2D eigenvalue weighted by Gasteiger charge is -2.22. The van der Waals surface area contributed by atoms with Crippen molar-refractivity contribution in [2.45, 2.75) is 38.1 Å². The van der Waals surface area contributed by atoms with Gasteiger partial charge in [-0.25, -0.2) is 9.97 Å². The largest absolute Gasteiger partial charge is 0.351 e. The van der Waals surface area contributed by atoms with Gasteiger partial charge in [-0.05, 0) is 25.0 Å². The normalized spacial score (nSPS) is 16.0. The van der Waals surface area contributed by atoms with Gasteiger partial charge in [0.2, 0.25) is 5.95 Å². The summed E-state index contributed by atoms with van der Waals surface area (Å²) in [5.74, 6) is 0.705. The van der Waals surface area contributed by atoms with Crippen LogP contribution in [0, 0.1) is 0 Å². The fourth-order valence-electron chi connectivity index (χ4n) is 3.15. The van der Waals surface area contributed by atoms with Gasteiger partial charge in [-0.3, -0.25) is 5.10 Å². The van der Waals surface area contributed by atoms with Gasteiger partial charge in [0.25, 0.3) is 0 Å². The van der Waals surface area contributed by atoms with E-state index in [2.05, 4.69) is 31.5 Å². The average molecular weight is 293 g/mol. The summed E-state index contributed by atoms with van der Waals surface area (Å²) in [5, 5.41) is 12.0. The smallest absolute Gasteiger partial charge is 0.223 e. The number of para-hydroxylation sites is 1.